The monoisotopic (exact) mass is 1560 g/mol. The molecule has 14 nitrogen and oxygen atoms in total. The van der Waals surface area contributed by atoms with Gasteiger partial charge in [0, 0.05) is 75.9 Å². The first-order chi connectivity index (χ1) is 42.7. The van der Waals surface area contributed by atoms with Gasteiger partial charge in [-0.05, 0) is 154 Å². The van der Waals surface area contributed by atoms with Crippen LogP contribution in [0.4, 0.5) is 17.6 Å². The molecular formula is C70H104ClF4N5O9S9. The van der Waals surface area contributed by atoms with E-state index >= 15 is 0 Å². The van der Waals surface area contributed by atoms with Crippen LogP contribution in [0, 0.1) is 13.8 Å². The van der Waals surface area contributed by atoms with Crippen molar-refractivity contribution in [1.82, 2.24) is 25.3 Å². The number of nitrogens with one attached hydrogen (secondary N) is 2. The van der Waals surface area contributed by atoms with Gasteiger partial charge in [0.05, 0.1) is 12.3 Å². The van der Waals surface area contributed by atoms with E-state index in [0.29, 0.717) is 58.5 Å². The Hall–Kier alpha value is -3.94. The minimum Gasteiger partial charge on any atom is -0.508 e. The molecule has 0 bridgehead atoms. The number of carbonyl (C=O) groups excluding carboxylic acids is 2. The van der Waals surface area contributed by atoms with Gasteiger partial charge in [0.1, 0.15) is 47.7 Å². The molecule has 98 heavy (non-hydrogen) atoms. The maximum Gasteiger partial charge on any atom is 0.265 e. The van der Waals surface area contributed by atoms with E-state index in [0.717, 1.165) is 110 Å². The number of benzene rings is 6. The summed E-state index contributed by atoms with van der Waals surface area (Å²) in [6.45, 7) is 10.0. The standard InChI is InChI=1S/C23H27FN2O2.C13H17NO4S.C12H15FO.2C11H14FNO.ClH.8H2S/c1-16-2-4-17(5-3-16)14-26-13-11-22(23(26)28)25-12-10-20(21(24)15-25)18-6-8-19(27)9-7-18;1-10-3-5-11(6-4-10)9-14-8-7-12(13(14)15)18-19(2,16)17;13-12-4-2-1-3-11(12)9-5-7-10(14)8-6-9;2*12-11-7-13-6-5-10(11)8-1-3-9(14)4-2-8;;;;;;;;;/h2-9,20-22,27H,10-15H2,1H3;3-6,12H,7-9H2,1-2H3;5-8,11-12,14H,1-4H2;2*1-4,10-11,13-14H,5-7H2;1H;8*1H2/t20-,21+,22+;12-;11-,12+;2*10-,11+;;;;;;;;;/m00000........./s1. The van der Waals surface area contributed by atoms with E-state index in [-0.39, 0.29) is 185 Å². The van der Waals surface area contributed by atoms with Crippen LogP contribution < -0.4 is 10.6 Å². The van der Waals surface area contributed by atoms with E-state index in [2.05, 4.69) is 41.8 Å². The number of rotatable bonds is 11. The Bertz CT molecular complexity index is 3150. The average molecular weight is 1560 g/mol. The van der Waals surface area contributed by atoms with Crippen molar-refractivity contribution in [2.24, 2.45) is 0 Å². The van der Waals surface area contributed by atoms with Gasteiger partial charge < -0.3 is 40.9 Å². The van der Waals surface area contributed by atoms with Gasteiger partial charge in [0.2, 0.25) is 5.91 Å². The average Bonchev–Trinajstić information content (AvgIpc) is 1.62. The van der Waals surface area contributed by atoms with E-state index in [1.54, 1.807) is 89.8 Å². The van der Waals surface area contributed by atoms with Crippen LogP contribution in [0.15, 0.2) is 146 Å². The Kier molecular flexibility index (Phi) is 46.4. The fourth-order valence-corrected chi connectivity index (χ4v) is 13.1. The summed E-state index contributed by atoms with van der Waals surface area (Å²) < 4.78 is 82.4. The lowest BCUT2D eigenvalue weighted by Crippen LogP contribution is -2.49. The van der Waals surface area contributed by atoms with Crippen LogP contribution in [0.1, 0.15) is 126 Å². The van der Waals surface area contributed by atoms with E-state index in [4.69, 9.17) is 19.5 Å². The number of hydrogen-bond donors (Lipinski definition) is 6. The van der Waals surface area contributed by atoms with Crippen molar-refractivity contribution < 1.29 is 60.2 Å². The number of aryl methyl sites for hydroxylation is 2. The molecule has 6 aliphatic rings. The highest BCUT2D eigenvalue weighted by Gasteiger charge is 2.41. The van der Waals surface area contributed by atoms with Crippen molar-refractivity contribution in [3.8, 4) is 23.0 Å². The van der Waals surface area contributed by atoms with Crippen molar-refractivity contribution in [2.45, 2.75) is 145 Å². The highest BCUT2D eigenvalue weighted by Crippen LogP contribution is 2.37. The zero-order valence-corrected chi connectivity index (χ0v) is 65.2. The van der Waals surface area contributed by atoms with Crippen LogP contribution in [0.3, 0.4) is 0 Å². The van der Waals surface area contributed by atoms with Gasteiger partial charge in [-0.25, -0.2) is 17.6 Å². The number of alkyl halides is 4. The van der Waals surface area contributed by atoms with Crippen LogP contribution >= 0.6 is 120 Å². The molecule has 5 aliphatic heterocycles. The van der Waals surface area contributed by atoms with Crippen LogP contribution in [0.5, 0.6) is 23.0 Å². The number of nitrogens with zero attached hydrogens (tertiary/aromatic N) is 3. The third kappa shape index (κ3) is 29.4. The number of phenols is 4. The second-order valence-electron chi connectivity index (χ2n) is 24.3. The summed E-state index contributed by atoms with van der Waals surface area (Å²) in [5.41, 5.74) is 8.44. The predicted octanol–water partition coefficient (Wildman–Crippen LogP) is 13.0. The quantitative estimate of drug-likeness (QED) is 0.0532. The minimum atomic E-state index is -3.59. The summed E-state index contributed by atoms with van der Waals surface area (Å²) in [4.78, 5) is 30.4. The Morgan fingerprint density at radius 3 is 1.14 bits per heavy atom. The van der Waals surface area contributed by atoms with Crippen molar-refractivity contribution in [2.75, 3.05) is 58.6 Å². The lowest BCUT2D eigenvalue weighted by molar-refractivity contribution is -0.134. The number of likely N-dealkylation sites (tertiary alicyclic amines) is 3. The Balaban J connectivity index is 0. The van der Waals surface area contributed by atoms with Crippen LogP contribution in [-0.2, 0) is 37.0 Å². The Labute approximate surface area is 639 Å². The molecule has 6 aromatic rings. The molecule has 0 spiro atoms. The van der Waals surface area contributed by atoms with Gasteiger partial charge in [0.15, 0.2) is 6.10 Å². The lowest BCUT2D eigenvalue weighted by atomic mass is 9.82. The van der Waals surface area contributed by atoms with Gasteiger partial charge in [0.25, 0.3) is 16.0 Å². The SMILES string of the molecule is Cc1ccc(CN2CC[C@@H](N3CC[C@@H](c4ccc(O)cc4)[C@H](F)C3)C2=O)cc1.Cc1ccc(CN2CC[C@H](OS(C)(=O)=O)C2=O)cc1.Cl.Oc1ccc([C@@H]2CCCC[C@H]2F)cc1.Oc1ccc([C@@H]2CCNC[C@H]2F)cc1.Oc1ccc([C@@H]2CCNC[C@H]2F)cc1.S.S.S.S.S.S.S.S. The van der Waals surface area contributed by atoms with E-state index < -0.39 is 40.9 Å². The highest BCUT2D eigenvalue weighted by molar-refractivity contribution is 7.86. The van der Waals surface area contributed by atoms with Gasteiger partial charge in [-0.15, -0.1) is 12.4 Å². The molecule has 6 aromatic carbocycles. The summed E-state index contributed by atoms with van der Waals surface area (Å²) in [5, 5.41) is 42.8. The Morgan fingerprint density at radius 1 is 0.439 bits per heavy atom. The molecule has 28 heteroatoms. The molecule has 6 N–H and O–H groups in total. The van der Waals surface area contributed by atoms with Crippen LogP contribution in [0.2, 0.25) is 0 Å². The van der Waals surface area contributed by atoms with Crippen molar-refractivity contribution in [3.05, 3.63) is 190 Å². The smallest absolute Gasteiger partial charge is 0.265 e. The predicted molar refractivity (Wildman–Crippen MR) is 429 cm³/mol. The number of phenolic OH excluding ortho intramolecular Hbond substituents is 4. The molecule has 5 heterocycles. The molecule has 1 aliphatic carbocycles. The van der Waals surface area contributed by atoms with E-state index in [1.807, 2.05) is 53.1 Å². The maximum absolute atomic E-state index is 14.9. The van der Waals surface area contributed by atoms with Gasteiger partial charge in [-0.1, -0.05) is 121 Å². The fraction of sp³-hybridized carbons (Fsp3) is 0.457. The number of hydrogen-bond acceptors (Lipinski definition) is 12. The molecular weight excluding hydrogens is 1450 g/mol. The summed E-state index contributed by atoms with van der Waals surface area (Å²) >= 11 is 0. The van der Waals surface area contributed by atoms with E-state index in [9.17, 15) is 40.7 Å². The number of carbonyl (C=O) groups is 2. The van der Waals surface area contributed by atoms with E-state index in [1.165, 1.54) is 5.56 Å². The van der Waals surface area contributed by atoms with Crippen LogP contribution in [0.25, 0.3) is 0 Å². The first kappa shape index (κ1) is 96.1. The zero-order chi connectivity index (χ0) is 63.6. The summed E-state index contributed by atoms with van der Waals surface area (Å²) in [5.74, 6) is 0.620. The number of aromatic hydroxyl groups is 4. The largest absolute Gasteiger partial charge is 0.508 e. The summed E-state index contributed by atoms with van der Waals surface area (Å²) in [6, 6.07) is 43.4. The second-order valence-corrected chi connectivity index (χ2v) is 25.9. The molecule has 0 aromatic heterocycles. The molecule has 10 atom stereocenters. The molecule has 1 saturated carbocycles. The Morgan fingerprint density at radius 2 is 0.786 bits per heavy atom. The van der Waals surface area contributed by atoms with Gasteiger partial charge in [-0.2, -0.15) is 116 Å². The van der Waals surface area contributed by atoms with Crippen molar-refractivity contribution in [3.63, 3.8) is 0 Å². The second kappa shape index (κ2) is 47.4. The molecule has 2 amide bonds. The van der Waals surface area contributed by atoms with Crippen molar-refractivity contribution in [1.29, 1.82) is 0 Å². The minimum absolute atomic E-state index is 0. The summed E-state index contributed by atoms with van der Waals surface area (Å²) in [7, 11) is -3.59. The van der Waals surface area contributed by atoms with Gasteiger partial charge in [-0.3, -0.25) is 18.7 Å². The lowest BCUT2D eigenvalue weighted by Gasteiger charge is -2.37. The molecule has 12 rings (SSSR count). The first-order valence-corrected chi connectivity index (χ1v) is 32.9. The normalized spacial score (nSPS) is 23.1. The molecule has 5 saturated heterocycles. The van der Waals surface area contributed by atoms with Crippen LogP contribution in [-0.4, -0.2) is 151 Å². The highest BCUT2D eigenvalue weighted by atomic mass is 35.5. The fourth-order valence-electron chi connectivity index (χ4n) is 12.5. The molecule has 6 fully saturated rings. The topological polar surface area (TPSA) is 192 Å². The molecule has 0 radical (unpaired) electrons. The van der Waals surface area contributed by atoms with Gasteiger partial charge >= 0.3 is 0 Å². The number of amides is 2. The maximum atomic E-state index is 14.9. The number of halogens is 5. The third-order valence-corrected chi connectivity index (χ3v) is 18.2. The number of piperidine rings is 3. The zero-order valence-electron chi connectivity index (χ0n) is 55.6. The first-order valence-electron chi connectivity index (χ1n) is 31.1. The molecule has 0 unspecified atom stereocenters. The third-order valence-electron chi connectivity index (χ3n) is 17.6. The summed E-state index contributed by atoms with van der Waals surface area (Å²) in [6.07, 6.45) is 4.04. The van der Waals surface area contributed by atoms with Crippen molar-refractivity contribution >= 4 is 142 Å². The molecule has 552 valence electrons.